The Morgan fingerprint density at radius 2 is 1.96 bits per heavy atom. The molecule has 0 atom stereocenters. The van der Waals surface area contributed by atoms with Crippen molar-refractivity contribution in [2.75, 3.05) is 13.6 Å². The van der Waals surface area contributed by atoms with Crippen LogP contribution in [0, 0.1) is 0 Å². The van der Waals surface area contributed by atoms with Gasteiger partial charge in [-0.15, -0.1) is 0 Å². The van der Waals surface area contributed by atoms with Crippen LogP contribution < -0.4 is 4.72 Å². The number of sulfonamides is 1. The van der Waals surface area contributed by atoms with E-state index in [2.05, 4.69) is 14.7 Å². The van der Waals surface area contributed by atoms with Crippen LogP contribution in [0.5, 0.6) is 0 Å². The van der Waals surface area contributed by atoms with Crippen LogP contribution in [0.3, 0.4) is 0 Å². The lowest BCUT2D eigenvalue weighted by Gasteiger charge is -2.16. The predicted molar refractivity (Wildman–Crippen MR) is 107 cm³/mol. The monoisotopic (exact) mass is 400 g/mol. The first-order valence-electron chi connectivity index (χ1n) is 9.27. The lowest BCUT2D eigenvalue weighted by atomic mass is 10.1. The highest BCUT2D eigenvalue weighted by Gasteiger charge is 2.29. The minimum Gasteiger partial charge on any atom is -0.341 e. The fourth-order valence-corrected chi connectivity index (χ4v) is 4.30. The molecule has 1 aromatic carbocycles. The van der Waals surface area contributed by atoms with Crippen molar-refractivity contribution >= 4 is 21.8 Å². The summed E-state index contributed by atoms with van der Waals surface area (Å²) in [5, 5.41) is 0. The number of carbonyl (C=O) groups is 1. The number of pyridine rings is 1. The molecule has 1 N–H and O–H groups in total. The SMILES string of the molecule is CN(Cc1cccnc1)C(=O)CCCCCN=C1NS(=O)(=O)c2ccccc21. The molecule has 0 unspecified atom stereocenters. The van der Waals surface area contributed by atoms with Crippen molar-refractivity contribution in [2.24, 2.45) is 4.99 Å². The van der Waals surface area contributed by atoms with Crippen molar-refractivity contribution in [1.29, 1.82) is 0 Å². The highest BCUT2D eigenvalue weighted by molar-refractivity contribution is 7.90. The van der Waals surface area contributed by atoms with Crippen molar-refractivity contribution < 1.29 is 13.2 Å². The Bertz CT molecular complexity index is 958. The van der Waals surface area contributed by atoms with Gasteiger partial charge in [0.15, 0.2) is 0 Å². The van der Waals surface area contributed by atoms with Gasteiger partial charge < -0.3 is 4.90 Å². The number of carbonyl (C=O) groups excluding carboxylic acids is 1. The molecule has 0 aliphatic carbocycles. The molecule has 2 aromatic rings. The zero-order valence-corrected chi connectivity index (χ0v) is 16.7. The van der Waals surface area contributed by atoms with E-state index in [9.17, 15) is 13.2 Å². The molecule has 0 spiro atoms. The normalized spacial score (nSPS) is 15.8. The van der Waals surface area contributed by atoms with Crippen LogP contribution in [-0.2, 0) is 21.4 Å². The number of benzene rings is 1. The van der Waals surface area contributed by atoms with Crippen molar-refractivity contribution in [3.05, 3.63) is 59.9 Å². The summed E-state index contributed by atoms with van der Waals surface area (Å²) in [6.07, 6.45) is 6.40. The van der Waals surface area contributed by atoms with Gasteiger partial charge in [0.2, 0.25) is 5.91 Å². The first-order valence-corrected chi connectivity index (χ1v) is 10.8. The number of aliphatic imine (C=N–C) groups is 1. The summed E-state index contributed by atoms with van der Waals surface area (Å²) in [5.74, 6) is 0.510. The topological polar surface area (TPSA) is 91.7 Å². The highest BCUT2D eigenvalue weighted by atomic mass is 32.2. The van der Waals surface area contributed by atoms with Gasteiger partial charge >= 0.3 is 0 Å². The number of hydrogen-bond donors (Lipinski definition) is 1. The molecule has 8 heteroatoms. The molecule has 1 aliphatic heterocycles. The molecule has 0 bridgehead atoms. The molecule has 3 rings (SSSR count). The van der Waals surface area contributed by atoms with Crippen LogP contribution in [0.1, 0.15) is 36.8 Å². The molecule has 1 aromatic heterocycles. The molecule has 28 heavy (non-hydrogen) atoms. The summed E-state index contributed by atoms with van der Waals surface area (Å²) < 4.78 is 26.6. The highest BCUT2D eigenvalue weighted by Crippen LogP contribution is 2.22. The van der Waals surface area contributed by atoms with Gasteiger partial charge in [0.25, 0.3) is 10.0 Å². The number of nitrogens with one attached hydrogen (secondary N) is 1. The number of nitrogens with zero attached hydrogens (tertiary/aromatic N) is 3. The lowest BCUT2D eigenvalue weighted by molar-refractivity contribution is -0.130. The summed E-state index contributed by atoms with van der Waals surface area (Å²) in [6, 6.07) is 10.6. The summed E-state index contributed by atoms with van der Waals surface area (Å²) in [4.78, 5) is 22.6. The largest absolute Gasteiger partial charge is 0.341 e. The molecule has 1 aliphatic rings. The Morgan fingerprint density at radius 3 is 2.75 bits per heavy atom. The second-order valence-electron chi connectivity index (χ2n) is 6.75. The fourth-order valence-electron chi connectivity index (χ4n) is 3.05. The standard InChI is InChI=1S/C20H24N4O3S/c1-24(15-16-8-7-12-21-14-16)19(25)11-3-2-6-13-22-20-17-9-4-5-10-18(17)28(26,27)23-20/h4-5,7-10,12,14H,2-3,6,11,13,15H2,1H3,(H,22,23). The molecule has 148 valence electrons. The van der Waals surface area contributed by atoms with Gasteiger partial charge in [0.05, 0.1) is 4.90 Å². The van der Waals surface area contributed by atoms with E-state index in [0.717, 1.165) is 24.8 Å². The Labute approximate surface area is 165 Å². The zero-order chi connectivity index (χ0) is 20.0. The van der Waals surface area contributed by atoms with Gasteiger partial charge in [-0.25, -0.2) is 8.42 Å². The molecule has 0 radical (unpaired) electrons. The quantitative estimate of drug-likeness (QED) is 0.689. The second-order valence-corrected chi connectivity index (χ2v) is 8.40. The smallest absolute Gasteiger partial charge is 0.263 e. The molecule has 0 fully saturated rings. The first-order chi connectivity index (χ1) is 13.5. The Hall–Kier alpha value is -2.74. The molecular formula is C20H24N4O3S. The predicted octanol–water partition coefficient (Wildman–Crippen LogP) is 2.34. The minimum absolute atomic E-state index is 0.104. The second kappa shape index (κ2) is 8.97. The molecular weight excluding hydrogens is 376 g/mol. The van der Waals surface area contributed by atoms with E-state index < -0.39 is 10.0 Å². The van der Waals surface area contributed by atoms with Gasteiger partial charge in [-0.2, -0.15) is 0 Å². The molecule has 0 saturated heterocycles. The lowest BCUT2D eigenvalue weighted by Crippen LogP contribution is -2.25. The molecule has 2 heterocycles. The molecule has 7 nitrogen and oxygen atoms in total. The van der Waals surface area contributed by atoms with Crippen molar-refractivity contribution in [3.63, 3.8) is 0 Å². The summed E-state index contributed by atoms with van der Waals surface area (Å²) in [5.41, 5.74) is 1.63. The number of amides is 1. The van der Waals surface area contributed by atoms with Crippen molar-refractivity contribution in [3.8, 4) is 0 Å². The van der Waals surface area contributed by atoms with Crippen molar-refractivity contribution in [2.45, 2.75) is 37.1 Å². The number of aromatic nitrogens is 1. The van der Waals surface area contributed by atoms with Gasteiger partial charge in [-0.05, 0) is 36.6 Å². The number of rotatable bonds is 8. The van der Waals surface area contributed by atoms with E-state index in [1.54, 1.807) is 48.6 Å². The maximum atomic E-state index is 12.2. The number of fused-ring (bicyclic) bond motifs is 1. The van der Waals surface area contributed by atoms with Crippen molar-refractivity contribution in [1.82, 2.24) is 14.6 Å². The van der Waals surface area contributed by atoms with Gasteiger partial charge in [0, 0.05) is 44.5 Å². The summed E-state index contributed by atoms with van der Waals surface area (Å²) >= 11 is 0. The zero-order valence-electron chi connectivity index (χ0n) is 15.8. The Balaban J connectivity index is 1.40. The third kappa shape index (κ3) is 4.95. The average molecular weight is 401 g/mol. The number of hydrogen-bond acceptors (Lipinski definition) is 5. The van der Waals surface area contributed by atoms with E-state index in [1.165, 1.54) is 0 Å². The van der Waals surface area contributed by atoms with E-state index in [0.29, 0.717) is 30.9 Å². The van der Waals surface area contributed by atoms with Crippen LogP contribution >= 0.6 is 0 Å². The first kappa shape index (κ1) is 20.0. The maximum absolute atomic E-state index is 12.2. The average Bonchev–Trinajstić information content (AvgIpc) is 2.96. The third-order valence-electron chi connectivity index (χ3n) is 4.55. The van der Waals surface area contributed by atoms with Gasteiger partial charge in [-0.1, -0.05) is 24.6 Å². The van der Waals surface area contributed by atoms with Crippen LogP contribution in [0.4, 0.5) is 0 Å². The molecule has 0 saturated carbocycles. The number of unbranched alkanes of at least 4 members (excludes halogenated alkanes) is 2. The Morgan fingerprint density at radius 1 is 1.14 bits per heavy atom. The Kier molecular flexibility index (Phi) is 6.41. The van der Waals surface area contributed by atoms with E-state index in [1.807, 2.05) is 12.1 Å². The van der Waals surface area contributed by atoms with Crippen LogP contribution in [0.2, 0.25) is 0 Å². The number of amidine groups is 1. The van der Waals surface area contributed by atoms with E-state index in [-0.39, 0.29) is 10.8 Å². The fraction of sp³-hybridized carbons (Fsp3) is 0.350. The summed E-state index contributed by atoms with van der Waals surface area (Å²) in [7, 11) is -1.69. The van der Waals surface area contributed by atoms with Gasteiger partial charge in [0.1, 0.15) is 5.84 Å². The van der Waals surface area contributed by atoms with E-state index in [4.69, 9.17) is 0 Å². The maximum Gasteiger partial charge on any atom is 0.263 e. The van der Waals surface area contributed by atoms with Crippen LogP contribution in [0.15, 0.2) is 58.7 Å². The van der Waals surface area contributed by atoms with E-state index >= 15 is 0 Å². The van der Waals surface area contributed by atoms with Crippen LogP contribution in [-0.4, -0.2) is 43.6 Å². The third-order valence-corrected chi connectivity index (χ3v) is 5.95. The molecule has 1 amide bonds. The minimum atomic E-state index is -3.48. The summed E-state index contributed by atoms with van der Waals surface area (Å²) in [6.45, 7) is 1.08. The van der Waals surface area contributed by atoms with Gasteiger partial charge in [-0.3, -0.25) is 19.5 Å². The van der Waals surface area contributed by atoms with Crippen LogP contribution in [0.25, 0.3) is 0 Å².